The first-order valence-corrected chi connectivity index (χ1v) is 8.02. The Morgan fingerprint density at radius 2 is 1.95 bits per heavy atom. The maximum atomic E-state index is 12.5. The van der Waals surface area contributed by atoms with Gasteiger partial charge in [0.15, 0.2) is 0 Å². The number of amides is 1. The lowest BCUT2D eigenvalue weighted by Gasteiger charge is -2.07. The van der Waals surface area contributed by atoms with E-state index in [1.807, 2.05) is 49.4 Å². The quantitative estimate of drug-likeness (QED) is 0.688. The van der Waals surface area contributed by atoms with Crippen molar-refractivity contribution in [3.8, 4) is 0 Å². The molecule has 1 aromatic heterocycles. The van der Waals surface area contributed by atoms with E-state index in [1.165, 1.54) is 11.3 Å². The third kappa shape index (κ3) is 2.54. The van der Waals surface area contributed by atoms with Crippen LogP contribution >= 0.6 is 27.3 Å². The minimum absolute atomic E-state index is 0.171. The highest BCUT2D eigenvalue weighted by atomic mass is 79.9. The van der Waals surface area contributed by atoms with Gasteiger partial charge in [0.1, 0.15) is 4.88 Å². The van der Waals surface area contributed by atoms with Gasteiger partial charge in [-0.2, -0.15) is 0 Å². The molecule has 0 aliphatic carbocycles. The third-order valence-electron chi connectivity index (χ3n) is 3.30. The maximum Gasteiger partial charge on any atom is 0.267 e. The molecule has 0 fully saturated rings. The van der Waals surface area contributed by atoms with E-state index in [0.717, 1.165) is 25.8 Å². The molecular formula is C16H13BrN2OS. The lowest BCUT2D eigenvalue weighted by molar-refractivity contribution is 0.103. The second-order valence-electron chi connectivity index (χ2n) is 4.73. The van der Waals surface area contributed by atoms with E-state index in [0.29, 0.717) is 10.6 Å². The molecular weight excluding hydrogens is 348 g/mol. The molecule has 0 unspecified atom stereocenters. The number of carbonyl (C=O) groups is 1. The number of nitrogens with one attached hydrogen (secondary N) is 1. The highest BCUT2D eigenvalue weighted by Crippen LogP contribution is 2.38. The summed E-state index contributed by atoms with van der Waals surface area (Å²) in [5.41, 5.74) is 8.50. The Morgan fingerprint density at radius 1 is 1.19 bits per heavy atom. The Labute approximate surface area is 134 Å². The van der Waals surface area contributed by atoms with Gasteiger partial charge in [0.25, 0.3) is 5.91 Å². The molecule has 1 amide bonds. The first-order valence-electron chi connectivity index (χ1n) is 6.41. The van der Waals surface area contributed by atoms with Gasteiger partial charge in [-0.15, -0.1) is 11.3 Å². The lowest BCUT2D eigenvalue weighted by Crippen LogP contribution is -2.12. The minimum Gasteiger partial charge on any atom is -0.397 e. The van der Waals surface area contributed by atoms with E-state index in [2.05, 4.69) is 21.2 Å². The van der Waals surface area contributed by atoms with Crippen LogP contribution in [0.5, 0.6) is 0 Å². The number of hydrogen-bond acceptors (Lipinski definition) is 3. The van der Waals surface area contributed by atoms with Gasteiger partial charge in [-0.05, 0) is 30.7 Å². The second kappa shape index (κ2) is 5.50. The van der Waals surface area contributed by atoms with Crippen molar-refractivity contribution in [2.75, 3.05) is 11.1 Å². The van der Waals surface area contributed by atoms with Gasteiger partial charge in [-0.25, -0.2) is 0 Å². The van der Waals surface area contributed by atoms with Gasteiger partial charge in [0.2, 0.25) is 0 Å². The van der Waals surface area contributed by atoms with Crippen molar-refractivity contribution in [2.45, 2.75) is 6.92 Å². The van der Waals surface area contributed by atoms with Crippen LogP contribution in [-0.4, -0.2) is 5.91 Å². The predicted octanol–water partition coefficient (Wildman–Crippen LogP) is 4.81. The number of hydrogen-bond donors (Lipinski definition) is 2. The number of halogens is 1. The number of fused-ring (bicyclic) bond motifs is 1. The first kappa shape index (κ1) is 14.1. The zero-order valence-electron chi connectivity index (χ0n) is 11.3. The van der Waals surface area contributed by atoms with Crippen LogP contribution in [0.15, 0.2) is 46.9 Å². The van der Waals surface area contributed by atoms with E-state index in [-0.39, 0.29) is 5.91 Å². The number of carbonyl (C=O) groups excluding carboxylic acids is 1. The van der Waals surface area contributed by atoms with E-state index in [9.17, 15) is 4.79 Å². The molecule has 3 nitrogen and oxygen atoms in total. The smallest absolute Gasteiger partial charge is 0.267 e. The van der Waals surface area contributed by atoms with Gasteiger partial charge in [-0.1, -0.05) is 40.2 Å². The largest absolute Gasteiger partial charge is 0.397 e. The van der Waals surface area contributed by atoms with Gasteiger partial charge in [-0.3, -0.25) is 4.79 Å². The van der Waals surface area contributed by atoms with E-state index < -0.39 is 0 Å². The fraction of sp³-hybridized carbons (Fsp3) is 0.0625. The molecule has 0 saturated heterocycles. The number of aryl methyl sites for hydroxylation is 1. The minimum atomic E-state index is -0.171. The molecule has 0 aliphatic rings. The topological polar surface area (TPSA) is 55.1 Å². The zero-order valence-corrected chi connectivity index (χ0v) is 13.7. The summed E-state index contributed by atoms with van der Waals surface area (Å²) in [7, 11) is 0. The van der Waals surface area contributed by atoms with Crippen LogP contribution in [0.1, 0.15) is 15.2 Å². The van der Waals surface area contributed by atoms with Gasteiger partial charge < -0.3 is 11.1 Å². The van der Waals surface area contributed by atoms with Crippen LogP contribution in [-0.2, 0) is 0 Å². The van der Waals surface area contributed by atoms with Gasteiger partial charge >= 0.3 is 0 Å². The summed E-state index contributed by atoms with van der Waals surface area (Å²) in [5.74, 6) is -0.171. The van der Waals surface area contributed by atoms with Crippen molar-refractivity contribution in [3.63, 3.8) is 0 Å². The number of benzene rings is 2. The predicted molar refractivity (Wildman–Crippen MR) is 93.1 cm³/mol. The van der Waals surface area contributed by atoms with Crippen LogP contribution in [0.25, 0.3) is 10.1 Å². The van der Waals surface area contributed by atoms with Crippen molar-refractivity contribution in [2.24, 2.45) is 0 Å². The normalized spacial score (nSPS) is 10.8. The number of anilines is 2. The summed E-state index contributed by atoms with van der Waals surface area (Å²) in [6.07, 6.45) is 0. The molecule has 3 rings (SSSR count). The Balaban J connectivity index is 2.01. The molecule has 3 aromatic rings. The van der Waals surface area contributed by atoms with Crippen molar-refractivity contribution in [1.82, 2.24) is 0 Å². The van der Waals surface area contributed by atoms with Crippen LogP contribution < -0.4 is 11.1 Å². The van der Waals surface area contributed by atoms with Crippen LogP contribution in [0.4, 0.5) is 11.4 Å². The number of thiophene rings is 1. The van der Waals surface area contributed by atoms with E-state index in [1.54, 1.807) is 0 Å². The third-order valence-corrected chi connectivity index (χ3v) is 5.13. The fourth-order valence-electron chi connectivity index (χ4n) is 2.19. The highest BCUT2D eigenvalue weighted by Gasteiger charge is 2.18. The average Bonchev–Trinajstić information content (AvgIpc) is 2.80. The molecule has 0 radical (unpaired) electrons. The molecule has 5 heteroatoms. The van der Waals surface area contributed by atoms with Crippen molar-refractivity contribution in [1.29, 1.82) is 0 Å². The van der Waals surface area contributed by atoms with Crippen molar-refractivity contribution in [3.05, 3.63) is 57.4 Å². The first-order chi connectivity index (χ1) is 10.1. The Morgan fingerprint density at radius 3 is 2.67 bits per heavy atom. The van der Waals surface area contributed by atoms with Crippen molar-refractivity contribution < 1.29 is 4.79 Å². The molecule has 0 spiro atoms. The van der Waals surface area contributed by atoms with Crippen LogP contribution in [0.2, 0.25) is 0 Å². The Hall–Kier alpha value is -1.85. The molecule has 0 bridgehead atoms. The second-order valence-corrected chi connectivity index (χ2v) is 6.63. The highest BCUT2D eigenvalue weighted by molar-refractivity contribution is 9.10. The van der Waals surface area contributed by atoms with E-state index in [4.69, 9.17) is 5.73 Å². The fourth-order valence-corrected chi connectivity index (χ4v) is 3.95. The maximum absolute atomic E-state index is 12.5. The summed E-state index contributed by atoms with van der Waals surface area (Å²) in [5, 5.41) is 3.82. The summed E-state index contributed by atoms with van der Waals surface area (Å²) in [4.78, 5) is 13.0. The summed E-state index contributed by atoms with van der Waals surface area (Å²) < 4.78 is 1.90. The summed E-state index contributed by atoms with van der Waals surface area (Å²) in [6, 6.07) is 13.5. The molecule has 0 saturated carbocycles. The Bertz CT molecular complexity index is 841. The lowest BCUT2D eigenvalue weighted by atomic mass is 10.2. The van der Waals surface area contributed by atoms with Gasteiger partial charge in [0.05, 0.1) is 5.69 Å². The summed E-state index contributed by atoms with van der Waals surface area (Å²) in [6.45, 7) is 1.96. The molecule has 106 valence electrons. The molecule has 1 heterocycles. The number of nitrogens with two attached hydrogens (primary N) is 1. The van der Waals surface area contributed by atoms with E-state index >= 15 is 0 Å². The van der Waals surface area contributed by atoms with Crippen molar-refractivity contribution >= 4 is 54.6 Å². The van der Waals surface area contributed by atoms with Crippen LogP contribution in [0.3, 0.4) is 0 Å². The van der Waals surface area contributed by atoms with Crippen LogP contribution in [0, 0.1) is 6.92 Å². The zero-order chi connectivity index (χ0) is 15.0. The summed E-state index contributed by atoms with van der Waals surface area (Å²) >= 11 is 4.89. The molecule has 2 aromatic carbocycles. The monoisotopic (exact) mass is 360 g/mol. The Kier molecular flexibility index (Phi) is 3.69. The molecule has 3 N–H and O–H groups in total. The molecule has 21 heavy (non-hydrogen) atoms. The number of para-hydroxylation sites is 1. The molecule has 0 aliphatic heterocycles. The SMILES string of the molecule is Cc1ccccc1NC(=O)c1sc2cccc(Br)c2c1N. The van der Waals surface area contributed by atoms with Gasteiger partial charge in [0, 0.05) is 20.2 Å². The number of rotatable bonds is 2. The number of nitrogen functional groups attached to an aromatic ring is 1. The standard InChI is InChI=1S/C16H13BrN2OS/c1-9-5-2-3-7-11(9)19-16(20)15-14(18)13-10(17)6-4-8-12(13)21-15/h2-8H,18H2,1H3,(H,19,20). The average molecular weight is 361 g/mol. The molecule has 0 atom stereocenters.